The minimum absolute atomic E-state index is 0.0830. The molecule has 0 aromatic heterocycles. The number of nitrogens with one attached hydrogen (secondary N) is 1. The van der Waals surface area contributed by atoms with E-state index in [0.717, 1.165) is 38.5 Å². The Kier molecular flexibility index (Phi) is 40.4. The fourth-order valence-corrected chi connectivity index (χ4v) is 7.25. The molecule has 0 aliphatic heterocycles. The van der Waals surface area contributed by atoms with E-state index in [1.54, 1.807) is 0 Å². The Labute approximate surface area is 332 Å². The maximum atomic E-state index is 12.1. The molecule has 0 saturated carbocycles. The number of phosphoric ester groups is 1. The van der Waals surface area contributed by atoms with E-state index in [9.17, 15) is 24.2 Å². The van der Waals surface area contributed by atoms with E-state index in [1.807, 2.05) is 0 Å². The summed E-state index contributed by atoms with van der Waals surface area (Å²) in [5, 5.41) is 12.7. The van der Waals surface area contributed by atoms with Crippen molar-refractivity contribution in [3.8, 4) is 0 Å². The molecule has 1 amide bonds. The van der Waals surface area contributed by atoms with Crippen LogP contribution in [-0.4, -0.2) is 54.3 Å². The number of carbonyl (C=O) groups is 2. The molecule has 0 radical (unpaired) electrons. The summed E-state index contributed by atoms with van der Waals surface area (Å²) in [5.41, 5.74) is 0. The number of amides is 1. The first-order valence-corrected chi connectivity index (χ1v) is 24.2. The number of phosphoric acid groups is 1. The monoisotopic (exact) mass is 788 g/mol. The Balaban J connectivity index is 3.56. The maximum Gasteiger partial charge on any atom is 0.472 e. The number of aliphatic hydroxyl groups is 1. The summed E-state index contributed by atoms with van der Waals surface area (Å²) < 4.78 is 26.9. The zero-order chi connectivity index (χ0) is 39.6. The van der Waals surface area contributed by atoms with Crippen LogP contribution in [0.5, 0.6) is 0 Å². The number of hydrogen-bond donors (Lipinski definition) is 3. The van der Waals surface area contributed by atoms with Crippen molar-refractivity contribution < 1.29 is 37.9 Å². The largest absolute Gasteiger partial charge is 0.472 e. The van der Waals surface area contributed by atoms with Gasteiger partial charge in [-0.25, -0.2) is 4.57 Å². The summed E-state index contributed by atoms with van der Waals surface area (Å²) in [5.74, 6) is -0.511. The van der Waals surface area contributed by atoms with Crippen LogP contribution < -0.4 is 5.32 Å². The van der Waals surface area contributed by atoms with E-state index >= 15 is 0 Å². The zero-order valence-electron chi connectivity index (χ0n) is 35.2. The molecule has 0 aromatic carbocycles. The van der Waals surface area contributed by atoms with Crippen LogP contribution in [0.2, 0.25) is 0 Å². The van der Waals surface area contributed by atoms with Crippen molar-refractivity contribution in [1.29, 1.82) is 0 Å². The lowest BCUT2D eigenvalue weighted by atomic mass is 10.0. The Hall–Kier alpha value is -1.25. The molecule has 0 fully saturated rings. The number of esters is 1. The predicted molar refractivity (Wildman–Crippen MR) is 225 cm³/mol. The van der Waals surface area contributed by atoms with E-state index < -0.39 is 26.5 Å². The molecule has 54 heavy (non-hydrogen) atoms. The van der Waals surface area contributed by atoms with Crippen LogP contribution in [0.15, 0.2) is 12.2 Å². The zero-order valence-corrected chi connectivity index (χ0v) is 36.1. The van der Waals surface area contributed by atoms with Gasteiger partial charge in [-0.1, -0.05) is 187 Å². The molecular weight excluding hydrogens is 701 g/mol. The number of rotatable bonds is 43. The average Bonchev–Trinajstić information content (AvgIpc) is 3.16. The van der Waals surface area contributed by atoms with Crippen LogP contribution in [0.25, 0.3) is 0 Å². The van der Waals surface area contributed by atoms with Gasteiger partial charge in [0, 0.05) is 19.4 Å². The van der Waals surface area contributed by atoms with Crippen molar-refractivity contribution in [2.45, 2.75) is 232 Å². The van der Waals surface area contributed by atoms with Crippen molar-refractivity contribution in [3.63, 3.8) is 0 Å². The minimum Gasteiger partial charge on any atom is -0.463 e. The van der Waals surface area contributed by atoms with E-state index in [1.165, 1.54) is 161 Å². The number of unbranched alkanes of at least 4 members (excludes halogenated alkanes) is 28. The Morgan fingerprint density at radius 1 is 0.556 bits per heavy atom. The lowest BCUT2D eigenvalue weighted by Crippen LogP contribution is -2.27. The van der Waals surface area contributed by atoms with Gasteiger partial charge in [-0.3, -0.25) is 18.6 Å². The third-order valence-electron chi connectivity index (χ3n) is 9.95. The Morgan fingerprint density at radius 3 is 1.39 bits per heavy atom. The first-order chi connectivity index (χ1) is 26.3. The molecule has 2 unspecified atom stereocenters. The van der Waals surface area contributed by atoms with Crippen molar-refractivity contribution in [2.75, 3.05) is 26.4 Å². The summed E-state index contributed by atoms with van der Waals surface area (Å²) in [6.07, 6.45) is 42.8. The highest BCUT2D eigenvalue weighted by Gasteiger charge is 2.23. The van der Waals surface area contributed by atoms with Gasteiger partial charge in [0.1, 0.15) is 12.7 Å². The molecule has 320 valence electrons. The molecule has 0 aliphatic carbocycles. The Morgan fingerprint density at radius 2 is 0.944 bits per heavy atom. The van der Waals surface area contributed by atoms with Gasteiger partial charge >= 0.3 is 13.8 Å². The molecular formula is C44H86NO8P. The van der Waals surface area contributed by atoms with E-state index in [2.05, 4.69) is 31.3 Å². The molecule has 0 saturated heterocycles. The SMILES string of the molecule is CCCCCCCCC/C=C\CCCCCCCCCC(=O)NCCOP(=O)(O)OCC(O)COC(=O)CCCCCCCCCCCCCCCCC. The van der Waals surface area contributed by atoms with Crippen LogP contribution in [0, 0.1) is 0 Å². The summed E-state index contributed by atoms with van der Waals surface area (Å²) in [6.45, 7) is 3.58. The Bertz CT molecular complexity index is 902. The highest BCUT2D eigenvalue weighted by Crippen LogP contribution is 2.42. The van der Waals surface area contributed by atoms with Gasteiger partial charge in [0.2, 0.25) is 5.91 Å². The topological polar surface area (TPSA) is 131 Å². The van der Waals surface area contributed by atoms with Gasteiger partial charge in [0.15, 0.2) is 0 Å². The van der Waals surface area contributed by atoms with Crippen LogP contribution in [0.4, 0.5) is 0 Å². The number of aliphatic hydroxyl groups excluding tert-OH is 1. The number of hydrogen-bond acceptors (Lipinski definition) is 7. The number of allylic oxidation sites excluding steroid dienone is 2. The van der Waals surface area contributed by atoms with Crippen LogP contribution in [-0.2, 0) is 27.9 Å². The van der Waals surface area contributed by atoms with Gasteiger partial charge in [0.05, 0.1) is 13.2 Å². The lowest BCUT2D eigenvalue weighted by molar-refractivity contribution is -0.147. The third-order valence-corrected chi connectivity index (χ3v) is 10.9. The molecule has 2 atom stereocenters. The molecule has 0 aromatic rings. The first-order valence-electron chi connectivity index (χ1n) is 22.7. The lowest BCUT2D eigenvalue weighted by Gasteiger charge is -2.15. The molecule has 0 rings (SSSR count). The van der Waals surface area contributed by atoms with E-state index in [4.69, 9.17) is 13.8 Å². The van der Waals surface area contributed by atoms with Crippen molar-refractivity contribution >= 4 is 19.7 Å². The standard InChI is InChI=1S/C44H86NO8P/c1-3-5-7-9-11-13-15-17-19-20-21-23-24-26-28-30-32-34-36-43(47)45-38-39-52-54(49,50)53-41-42(46)40-51-44(48)37-35-33-31-29-27-25-22-18-16-14-12-10-8-6-4-2/h19-20,42,46H,3-18,21-41H2,1-2H3,(H,45,47)(H,49,50)/b20-19-. The highest BCUT2D eigenvalue weighted by molar-refractivity contribution is 7.47. The molecule has 0 heterocycles. The summed E-state index contributed by atoms with van der Waals surface area (Å²) in [6, 6.07) is 0. The van der Waals surface area contributed by atoms with Crippen molar-refractivity contribution in [3.05, 3.63) is 12.2 Å². The van der Waals surface area contributed by atoms with Gasteiger partial charge in [-0.15, -0.1) is 0 Å². The van der Waals surface area contributed by atoms with E-state index in [-0.39, 0.29) is 32.1 Å². The second-order valence-electron chi connectivity index (χ2n) is 15.4. The maximum absolute atomic E-state index is 12.1. The molecule has 0 bridgehead atoms. The van der Waals surface area contributed by atoms with Gasteiger partial charge < -0.3 is 20.1 Å². The predicted octanol–water partition coefficient (Wildman–Crippen LogP) is 12.6. The van der Waals surface area contributed by atoms with Gasteiger partial charge in [-0.2, -0.15) is 0 Å². The molecule has 0 aliphatic rings. The van der Waals surface area contributed by atoms with Crippen molar-refractivity contribution in [2.24, 2.45) is 0 Å². The summed E-state index contributed by atoms with van der Waals surface area (Å²) in [7, 11) is -4.41. The molecule has 3 N–H and O–H groups in total. The van der Waals surface area contributed by atoms with Crippen LogP contribution in [0.1, 0.15) is 226 Å². The first kappa shape index (κ1) is 52.8. The summed E-state index contributed by atoms with van der Waals surface area (Å²) >= 11 is 0. The number of ether oxygens (including phenoxy) is 1. The molecule has 0 spiro atoms. The smallest absolute Gasteiger partial charge is 0.463 e. The average molecular weight is 788 g/mol. The quantitative estimate of drug-likeness (QED) is 0.0241. The second kappa shape index (κ2) is 41.4. The van der Waals surface area contributed by atoms with Gasteiger partial charge in [0.25, 0.3) is 0 Å². The second-order valence-corrected chi connectivity index (χ2v) is 16.8. The molecule has 10 heteroatoms. The number of carbonyl (C=O) groups excluding carboxylic acids is 2. The summed E-state index contributed by atoms with van der Waals surface area (Å²) in [4.78, 5) is 33.9. The minimum atomic E-state index is -4.41. The highest BCUT2D eigenvalue weighted by atomic mass is 31.2. The van der Waals surface area contributed by atoms with E-state index in [0.29, 0.717) is 6.42 Å². The van der Waals surface area contributed by atoms with Crippen molar-refractivity contribution in [1.82, 2.24) is 5.32 Å². The van der Waals surface area contributed by atoms with Gasteiger partial charge in [-0.05, 0) is 38.5 Å². The fourth-order valence-electron chi connectivity index (χ4n) is 6.49. The fraction of sp³-hybridized carbons (Fsp3) is 0.909. The normalized spacial score (nSPS) is 13.3. The van der Waals surface area contributed by atoms with Crippen LogP contribution >= 0.6 is 7.82 Å². The third kappa shape index (κ3) is 41.9. The van der Waals surface area contributed by atoms with Crippen LogP contribution in [0.3, 0.4) is 0 Å². The molecule has 9 nitrogen and oxygen atoms in total.